The van der Waals surface area contributed by atoms with E-state index in [-0.39, 0.29) is 48.2 Å². The van der Waals surface area contributed by atoms with Gasteiger partial charge in [0, 0.05) is 35.5 Å². The molecule has 2 aromatic carbocycles. The topological polar surface area (TPSA) is 50.7 Å². The maximum absolute atomic E-state index is 14.8. The van der Waals surface area contributed by atoms with Crippen molar-refractivity contribution in [1.82, 2.24) is 5.32 Å². The lowest BCUT2D eigenvalue weighted by molar-refractivity contribution is -0.277. The van der Waals surface area contributed by atoms with E-state index in [4.69, 9.17) is 11.6 Å². The highest BCUT2D eigenvalue weighted by molar-refractivity contribution is 6.30. The number of hydrogen-bond acceptors (Lipinski definition) is 3. The lowest BCUT2D eigenvalue weighted by Crippen LogP contribution is -2.43. The number of alkyl halides is 8. The van der Waals surface area contributed by atoms with Crippen molar-refractivity contribution in [3.8, 4) is 0 Å². The van der Waals surface area contributed by atoms with Crippen LogP contribution in [0.2, 0.25) is 5.02 Å². The normalized spacial score (nSPS) is 21.5. The lowest BCUT2D eigenvalue weighted by Gasteiger charge is -2.34. The van der Waals surface area contributed by atoms with Crippen LogP contribution in [0.5, 0.6) is 0 Å². The van der Waals surface area contributed by atoms with Crippen molar-refractivity contribution in [3.05, 3.63) is 69.0 Å². The van der Waals surface area contributed by atoms with Crippen molar-refractivity contribution >= 4 is 23.2 Å². The second-order valence-corrected chi connectivity index (χ2v) is 9.75. The first-order valence-corrected chi connectivity index (χ1v) is 11.5. The van der Waals surface area contributed by atoms with Gasteiger partial charge in [-0.25, -0.2) is 13.2 Å². The van der Waals surface area contributed by atoms with Crippen LogP contribution in [-0.4, -0.2) is 30.3 Å². The average molecular weight is 573 g/mol. The minimum Gasteiger partial charge on any atom is -0.374 e. The second kappa shape index (κ2) is 9.35. The fourth-order valence-electron chi connectivity index (χ4n) is 4.49. The highest BCUT2D eigenvalue weighted by atomic mass is 35.5. The number of benzene rings is 2. The molecule has 0 bridgehead atoms. The van der Waals surface area contributed by atoms with Crippen LogP contribution < -0.4 is 5.32 Å². The Morgan fingerprint density at radius 3 is 2.34 bits per heavy atom. The summed E-state index contributed by atoms with van der Waals surface area (Å²) in [6.45, 7) is 1.49. The van der Waals surface area contributed by atoms with Gasteiger partial charge in [-0.2, -0.15) is 26.3 Å². The first kappa shape index (κ1) is 28.1. The van der Waals surface area contributed by atoms with E-state index < -0.39 is 58.2 Å². The van der Waals surface area contributed by atoms with E-state index in [0.29, 0.717) is 11.6 Å². The summed E-state index contributed by atoms with van der Waals surface area (Å²) in [4.78, 5) is 17.1. The van der Waals surface area contributed by atoms with Crippen LogP contribution in [0.25, 0.3) is 0 Å². The first-order chi connectivity index (χ1) is 17.4. The van der Waals surface area contributed by atoms with E-state index in [1.54, 1.807) is 0 Å². The first-order valence-electron chi connectivity index (χ1n) is 11.1. The largest absolute Gasteiger partial charge is 0.435 e. The number of aryl methyl sites for hydroxylation is 1. The molecular weight excluding hydrogens is 555 g/mol. The van der Waals surface area contributed by atoms with Gasteiger partial charge < -0.3 is 10.2 Å². The third kappa shape index (κ3) is 5.16. The summed E-state index contributed by atoms with van der Waals surface area (Å²) in [6.07, 6.45) is -12.6. The third-order valence-electron chi connectivity index (χ3n) is 6.49. The Kier molecular flexibility index (Phi) is 6.90. The van der Waals surface area contributed by atoms with Gasteiger partial charge in [-0.3, -0.25) is 4.79 Å². The molecule has 14 heteroatoms. The standard InChI is InChI=1S/C24H18ClF9N2O2/c1-11-4-13(2-3-15(11)20(37)35-10-12-7-21(27,28)8-12)18-9-22(38-36-18,24(32,33)34)16-5-14(25)6-17(19(16)26)23(29,30)31/h2-6,12H,7-10H2,1H3,(H,35,37). The van der Waals surface area contributed by atoms with Gasteiger partial charge in [0.2, 0.25) is 5.92 Å². The van der Waals surface area contributed by atoms with E-state index >= 15 is 0 Å². The van der Waals surface area contributed by atoms with Gasteiger partial charge in [-0.15, -0.1) is 0 Å². The Balaban J connectivity index is 1.59. The van der Waals surface area contributed by atoms with Gasteiger partial charge in [-0.05, 0) is 48.2 Å². The minimum absolute atomic E-state index is 0.0232. The number of carbonyl (C=O) groups excluding carboxylic acids is 1. The molecule has 0 aromatic heterocycles. The number of hydrogen-bond donors (Lipinski definition) is 1. The summed E-state index contributed by atoms with van der Waals surface area (Å²) in [6, 6.07) is 4.40. The minimum atomic E-state index is -5.40. The van der Waals surface area contributed by atoms with E-state index in [0.717, 1.165) is 0 Å². The number of oxime groups is 1. The fourth-order valence-corrected chi connectivity index (χ4v) is 4.70. The van der Waals surface area contributed by atoms with Crippen molar-refractivity contribution in [1.29, 1.82) is 0 Å². The molecule has 1 unspecified atom stereocenters. The summed E-state index contributed by atoms with van der Waals surface area (Å²) >= 11 is 5.61. The lowest BCUT2D eigenvalue weighted by atomic mass is 9.81. The molecule has 1 heterocycles. The van der Waals surface area contributed by atoms with Gasteiger partial charge >= 0.3 is 12.4 Å². The Morgan fingerprint density at radius 2 is 1.79 bits per heavy atom. The molecular formula is C24H18ClF9N2O2. The number of nitrogens with one attached hydrogen (secondary N) is 1. The van der Waals surface area contributed by atoms with Crippen molar-refractivity contribution in [2.75, 3.05) is 6.54 Å². The summed E-state index contributed by atoms with van der Waals surface area (Å²) in [5.74, 6) is -5.90. The van der Waals surface area contributed by atoms with Gasteiger partial charge in [0.1, 0.15) is 5.82 Å². The van der Waals surface area contributed by atoms with Crippen molar-refractivity contribution in [2.45, 2.75) is 50.1 Å². The van der Waals surface area contributed by atoms with E-state index in [1.165, 1.54) is 25.1 Å². The van der Waals surface area contributed by atoms with Crippen LogP contribution in [0.3, 0.4) is 0 Å². The van der Waals surface area contributed by atoms with Crippen LogP contribution in [0.15, 0.2) is 35.5 Å². The zero-order chi connectivity index (χ0) is 28.3. The molecule has 2 aliphatic rings. The van der Waals surface area contributed by atoms with Crippen molar-refractivity contribution < 1.29 is 49.1 Å². The maximum Gasteiger partial charge on any atom is 0.435 e. The Hall–Kier alpha value is -2.96. The Morgan fingerprint density at radius 1 is 1.13 bits per heavy atom. The van der Waals surface area contributed by atoms with Gasteiger partial charge in [0.25, 0.3) is 11.5 Å². The molecule has 1 amide bonds. The third-order valence-corrected chi connectivity index (χ3v) is 6.71. The Labute approximate surface area is 214 Å². The van der Waals surface area contributed by atoms with Crippen molar-refractivity contribution in [2.24, 2.45) is 11.1 Å². The molecule has 2 aromatic rings. The number of halogens is 10. The average Bonchev–Trinajstić information content (AvgIpc) is 3.23. The van der Waals surface area contributed by atoms with Crippen LogP contribution in [0.4, 0.5) is 39.5 Å². The van der Waals surface area contributed by atoms with E-state index in [1.807, 2.05) is 0 Å². The molecule has 4 nitrogen and oxygen atoms in total. The molecule has 206 valence electrons. The van der Waals surface area contributed by atoms with E-state index in [2.05, 4.69) is 15.3 Å². The molecule has 1 saturated carbocycles. The molecule has 0 spiro atoms. The van der Waals surface area contributed by atoms with Crippen molar-refractivity contribution in [3.63, 3.8) is 0 Å². The monoisotopic (exact) mass is 572 g/mol. The highest BCUT2D eigenvalue weighted by Crippen LogP contribution is 2.51. The molecule has 4 rings (SSSR count). The summed E-state index contributed by atoms with van der Waals surface area (Å²) in [5.41, 5.74) is -6.96. The zero-order valence-corrected chi connectivity index (χ0v) is 20.1. The second-order valence-electron chi connectivity index (χ2n) is 9.31. The number of amides is 1. The number of nitrogens with zero attached hydrogens (tertiary/aromatic N) is 1. The number of rotatable bonds is 5. The molecule has 38 heavy (non-hydrogen) atoms. The molecule has 1 N–H and O–H groups in total. The van der Waals surface area contributed by atoms with Crippen LogP contribution in [0, 0.1) is 18.7 Å². The molecule has 1 aliphatic heterocycles. The zero-order valence-electron chi connectivity index (χ0n) is 19.3. The molecule has 1 fully saturated rings. The van der Waals surface area contributed by atoms with Gasteiger partial charge in [-0.1, -0.05) is 22.8 Å². The predicted molar refractivity (Wildman–Crippen MR) is 118 cm³/mol. The predicted octanol–water partition coefficient (Wildman–Crippen LogP) is 7.16. The van der Waals surface area contributed by atoms with Gasteiger partial charge in [0.15, 0.2) is 0 Å². The Bertz CT molecular complexity index is 1300. The van der Waals surface area contributed by atoms with Crippen LogP contribution >= 0.6 is 11.6 Å². The fraction of sp³-hybridized carbons (Fsp3) is 0.417. The molecule has 1 aliphatic carbocycles. The smallest absolute Gasteiger partial charge is 0.374 e. The van der Waals surface area contributed by atoms with Gasteiger partial charge in [0.05, 0.1) is 17.7 Å². The molecule has 0 saturated heterocycles. The quantitative estimate of drug-likeness (QED) is 0.387. The SMILES string of the molecule is Cc1cc(C2=NOC(c3cc(Cl)cc(C(F)(F)F)c3F)(C(F)(F)F)C2)ccc1C(=O)NCC1CC(F)(F)C1. The molecule has 1 atom stereocenters. The summed E-state index contributed by atoms with van der Waals surface area (Å²) in [7, 11) is 0. The summed E-state index contributed by atoms with van der Waals surface area (Å²) < 4.78 is 123. The number of carbonyl (C=O) groups is 1. The van der Waals surface area contributed by atoms with Crippen LogP contribution in [-0.2, 0) is 16.6 Å². The van der Waals surface area contributed by atoms with Crippen LogP contribution in [0.1, 0.15) is 51.9 Å². The summed E-state index contributed by atoms with van der Waals surface area (Å²) in [5, 5.41) is 5.15. The highest BCUT2D eigenvalue weighted by Gasteiger charge is 2.64. The maximum atomic E-state index is 14.8. The van der Waals surface area contributed by atoms with E-state index in [9.17, 15) is 44.3 Å². The molecule has 0 radical (unpaired) electrons.